The van der Waals surface area contributed by atoms with Crippen molar-refractivity contribution in [2.24, 2.45) is 0 Å². The second kappa shape index (κ2) is 3.58. The van der Waals surface area contributed by atoms with Gasteiger partial charge in [-0.2, -0.15) is 0 Å². The third-order valence-electron chi connectivity index (χ3n) is 2.19. The Kier molecular flexibility index (Phi) is 2.40. The molecule has 0 N–H and O–H groups in total. The zero-order valence-electron chi connectivity index (χ0n) is 8.25. The molecule has 0 saturated heterocycles. The van der Waals surface area contributed by atoms with E-state index < -0.39 is 10.0 Å². The van der Waals surface area contributed by atoms with Crippen LogP contribution >= 0.6 is 0 Å². The van der Waals surface area contributed by atoms with E-state index in [1.165, 1.54) is 9.71 Å². The third-order valence-corrected chi connectivity index (χ3v) is 3.70. The third kappa shape index (κ3) is 1.83. The van der Waals surface area contributed by atoms with E-state index in [4.69, 9.17) is 4.74 Å². The zero-order chi connectivity index (χ0) is 10.9. The topological polar surface area (TPSA) is 46.6 Å². The number of hydrogen-bond donors (Lipinski definition) is 0. The summed E-state index contributed by atoms with van der Waals surface area (Å²) in [5.41, 5.74) is 0.624. The highest BCUT2D eigenvalue weighted by molar-refractivity contribution is 7.95. The normalized spacial score (nSPS) is 18.1. The molecule has 0 saturated carbocycles. The first-order valence-electron chi connectivity index (χ1n) is 4.47. The second-order valence-electron chi connectivity index (χ2n) is 3.15. The zero-order valence-corrected chi connectivity index (χ0v) is 9.07. The molecule has 0 amide bonds. The van der Waals surface area contributed by atoms with Crippen LogP contribution in [0.1, 0.15) is 0 Å². The van der Waals surface area contributed by atoms with Gasteiger partial charge in [-0.25, -0.2) is 8.42 Å². The summed E-state index contributed by atoms with van der Waals surface area (Å²) >= 11 is 0. The fourth-order valence-electron chi connectivity index (χ4n) is 1.46. The predicted molar refractivity (Wildman–Crippen MR) is 58.4 cm³/mol. The molecule has 1 aromatic carbocycles. The Morgan fingerprint density at radius 3 is 2.80 bits per heavy atom. The molecule has 5 heteroatoms. The number of ether oxygens (including phenoxy) is 1. The minimum Gasteiger partial charge on any atom is -0.497 e. The van der Waals surface area contributed by atoms with Crippen LogP contribution in [0.2, 0.25) is 0 Å². The standard InChI is InChI=1S/C10H11NO3S/c1-14-10-5-2-4-9(8-10)11-6-3-7-15(11,12)13/h2-5,7-8H,6H2,1H3. The minimum absolute atomic E-state index is 0.384. The van der Waals surface area contributed by atoms with Gasteiger partial charge in [0.1, 0.15) is 5.75 Å². The SMILES string of the molecule is COc1cccc(N2CC=CS2(=O)=O)c1. The van der Waals surface area contributed by atoms with Gasteiger partial charge in [-0.1, -0.05) is 12.1 Å². The van der Waals surface area contributed by atoms with Crippen LogP contribution in [0.5, 0.6) is 5.75 Å². The summed E-state index contributed by atoms with van der Waals surface area (Å²) in [6.07, 6.45) is 1.62. The molecule has 1 aliphatic heterocycles. The van der Waals surface area contributed by atoms with Crippen LogP contribution < -0.4 is 9.04 Å². The highest BCUT2D eigenvalue weighted by Crippen LogP contribution is 2.26. The van der Waals surface area contributed by atoms with Crippen LogP contribution in [0.15, 0.2) is 35.7 Å². The van der Waals surface area contributed by atoms with Crippen LogP contribution in [0, 0.1) is 0 Å². The lowest BCUT2D eigenvalue weighted by molar-refractivity contribution is 0.415. The predicted octanol–water partition coefficient (Wildman–Crippen LogP) is 1.36. The Morgan fingerprint density at radius 1 is 1.40 bits per heavy atom. The molecule has 1 aromatic rings. The molecule has 0 atom stereocenters. The van der Waals surface area contributed by atoms with E-state index in [-0.39, 0.29) is 0 Å². The quantitative estimate of drug-likeness (QED) is 0.763. The minimum atomic E-state index is -3.27. The molecule has 1 aliphatic rings. The van der Waals surface area contributed by atoms with Crippen LogP contribution in [0.4, 0.5) is 5.69 Å². The largest absolute Gasteiger partial charge is 0.497 e. The van der Waals surface area contributed by atoms with Gasteiger partial charge in [0.05, 0.1) is 19.3 Å². The smallest absolute Gasteiger partial charge is 0.257 e. The molecule has 0 fully saturated rings. The average molecular weight is 225 g/mol. The molecule has 4 nitrogen and oxygen atoms in total. The Morgan fingerprint density at radius 2 is 2.20 bits per heavy atom. The number of benzene rings is 1. The molecule has 0 aliphatic carbocycles. The maximum Gasteiger partial charge on any atom is 0.257 e. The van der Waals surface area contributed by atoms with E-state index >= 15 is 0 Å². The molecule has 0 spiro atoms. The van der Waals surface area contributed by atoms with Crippen LogP contribution in [0.25, 0.3) is 0 Å². The maximum absolute atomic E-state index is 11.6. The van der Waals surface area contributed by atoms with Gasteiger partial charge in [0.15, 0.2) is 0 Å². The van der Waals surface area contributed by atoms with Crippen molar-refractivity contribution in [3.63, 3.8) is 0 Å². The van der Waals surface area contributed by atoms with Crippen molar-refractivity contribution in [3.8, 4) is 5.75 Å². The highest BCUT2D eigenvalue weighted by Gasteiger charge is 2.23. The lowest BCUT2D eigenvalue weighted by atomic mass is 10.3. The first-order valence-corrected chi connectivity index (χ1v) is 5.97. The van der Waals surface area contributed by atoms with Gasteiger partial charge in [-0.3, -0.25) is 4.31 Å². The molecule has 2 rings (SSSR count). The number of methoxy groups -OCH3 is 1. The first-order chi connectivity index (χ1) is 7.13. The summed E-state index contributed by atoms with van der Waals surface area (Å²) in [5, 5.41) is 1.21. The molecule has 0 aromatic heterocycles. The summed E-state index contributed by atoms with van der Waals surface area (Å²) in [4.78, 5) is 0. The molecular formula is C10H11NO3S. The lowest BCUT2D eigenvalue weighted by Crippen LogP contribution is -2.24. The monoisotopic (exact) mass is 225 g/mol. The van der Waals surface area contributed by atoms with E-state index in [0.717, 1.165) is 0 Å². The fourth-order valence-corrected chi connectivity index (χ4v) is 2.63. The van der Waals surface area contributed by atoms with Crippen molar-refractivity contribution < 1.29 is 13.2 Å². The van der Waals surface area contributed by atoms with E-state index in [2.05, 4.69) is 0 Å². The Hall–Kier alpha value is -1.49. The Balaban J connectivity index is 2.39. The fraction of sp³-hybridized carbons (Fsp3) is 0.200. The molecule has 0 unspecified atom stereocenters. The summed E-state index contributed by atoms with van der Waals surface area (Å²) in [5.74, 6) is 0.648. The first kappa shape index (κ1) is 10.0. The summed E-state index contributed by atoms with van der Waals surface area (Å²) < 4.78 is 29.5. The van der Waals surface area contributed by atoms with Crippen molar-refractivity contribution in [2.75, 3.05) is 18.0 Å². The van der Waals surface area contributed by atoms with Gasteiger partial charge in [0, 0.05) is 11.5 Å². The molecule has 0 radical (unpaired) electrons. The van der Waals surface area contributed by atoms with E-state index in [9.17, 15) is 8.42 Å². The van der Waals surface area contributed by atoms with Gasteiger partial charge in [0.2, 0.25) is 0 Å². The molecule has 0 bridgehead atoms. The average Bonchev–Trinajstić information content (AvgIpc) is 2.58. The van der Waals surface area contributed by atoms with E-state index in [1.54, 1.807) is 37.5 Å². The Bertz CT molecular complexity index is 493. The lowest BCUT2D eigenvalue weighted by Gasteiger charge is -2.17. The van der Waals surface area contributed by atoms with Crippen LogP contribution in [-0.4, -0.2) is 22.1 Å². The van der Waals surface area contributed by atoms with Crippen molar-refractivity contribution in [3.05, 3.63) is 35.7 Å². The molecule has 80 valence electrons. The summed E-state index contributed by atoms with van der Waals surface area (Å²) in [6.45, 7) is 0.384. The van der Waals surface area contributed by atoms with Gasteiger partial charge >= 0.3 is 0 Å². The maximum atomic E-state index is 11.6. The van der Waals surface area contributed by atoms with Gasteiger partial charge in [0.25, 0.3) is 10.0 Å². The summed E-state index contributed by atoms with van der Waals surface area (Å²) in [6, 6.07) is 6.99. The van der Waals surface area contributed by atoms with Gasteiger partial charge < -0.3 is 4.74 Å². The van der Waals surface area contributed by atoms with Gasteiger partial charge in [-0.15, -0.1) is 0 Å². The molecular weight excluding hydrogens is 214 g/mol. The number of rotatable bonds is 2. The highest BCUT2D eigenvalue weighted by atomic mass is 32.2. The van der Waals surface area contributed by atoms with Crippen molar-refractivity contribution >= 4 is 15.7 Å². The Labute approximate surface area is 88.8 Å². The van der Waals surface area contributed by atoms with Crippen molar-refractivity contribution in [2.45, 2.75) is 0 Å². The van der Waals surface area contributed by atoms with E-state index in [1.807, 2.05) is 0 Å². The number of anilines is 1. The second-order valence-corrected chi connectivity index (χ2v) is 4.89. The van der Waals surface area contributed by atoms with Crippen LogP contribution in [-0.2, 0) is 10.0 Å². The van der Waals surface area contributed by atoms with Gasteiger partial charge in [-0.05, 0) is 12.1 Å². The van der Waals surface area contributed by atoms with Crippen molar-refractivity contribution in [1.82, 2.24) is 0 Å². The molecule has 1 heterocycles. The number of hydrogen-bond acceptors (Lipinski definition) is 3. The van der Waals surface area contributed by atoms with Crippen molar-refractivity contribution in [1.29, 1.82) is 0 Å². The van der Waals surface area contributed by atoms with E-state index in [0.29, 0.717) is 18.0 Å². The number of sulfonamides is 1. The van der Waals surface area contributed by atoms with Crippen LogP contribution in [0.3, 0.4) is 0 Å². The molecule has 15 heavy (non-hydrogen) atoms. The number of nitrogens with zero attached hydrogens (tertiary/aromatic N) is 1. The summed E-state index contributed by atoms with van der Waals surface area (Å²) in [7, 11) is -1.72.